The highest BCUT2D eigenvalue weighted by atomic mass is 16.5. The van der Waals surface area contributed by atoms with Crippen molar-refractivity contribution in [3.63, 3.8) is 0 Å². The zero-order valence-electron chi connectivity index (χ0n) is 16.6. The molecule has 1 aliphatic rings. The summed E-state index contributed by atoms with van der Waals surface area (Å²) in [5, 5.41) is 0. The fourth-order valence-electron chi connectivity index (χ4n) is 3.66. The van der Waals surface area contributed by atoms with E-state index in [1.54, 1.807) is 0 Å². The fraction of sp³-hybridized carbons (Fsp3) is 0.905. The molecule has 0 aromatic heterocycles. The Morgan fingerprint density at radius 3 is 2.16 bits per heavy atom. The van der Waals surface area contributed by atoms with Crippen LogP contribution >= 0.6 is 0 Å². The molecular formula is C21H38O4. The predicted molar refractivity (Wildman–Crippen MR) is 100 cm³/mol. The van der Waals surface area contributed by atoms with Crippen LogP contribution in [0.5, 0.6) is 0 Å². The van der Waals surface area contributed by atoms with Crippen molar-refractivity contribution < 1.29 is 19.1 Å². The minimum absolute atomic E-state index is 0.107. The minimum Gasteiger partial charge on any atom is -0.465 e. The predicted octanol–water partition coefficient (Wildman–Crippen LogP) is 5.29. The molecule has 1 rings (SSSR count). The van der Waals surface area contributed by atoms with Gasteiger partial charge in [-0.05, 0) is 44.4 Å². The minimum atomic E-state index is -0.136. The summed E-state index contributed by atoms with van der Waals surface area (Å²) in [6, 6.07) is 0. The summed E-state index contributed by atoms with van der Waals surface area (Å²) in [6.45, 7) is 7.39. The maximum Gasteiger partial charge on any atom is 0.308 e. The molecule has 0 aromatic rings. The molecule has 0 aromatic carbocycles. The molecule has 1 saturated carbocycles. The first-order valence-electron chi connectivity index (χ1n) is 10.5. The van der Waals surface area contributed by atoms with Crippen molar-refractivity contribution in [2.24, 2.45) is 17.8 Å². The van der Waals surface area contributed by atoms with E-state index in [0.29, 0.717) is 25.6 Å². The molecule has 0 N–H and O–H groups in total. The number of carbonyl (C=O) groups is 2. The Labute approximate surface area is 154 Å². The van der Waals surface area contributed by atoms with Gasteiger partial charge in [-0.1, -0.05) is 52.9 Å². The molecule has 1 fully saturated rings. The van der Waals surface area contributed by atoms with Gasteiger partial charge in [-0.15, -0.1) is 0 Å². The molecule has 4 heteroatoms. The molecule has 0 bridgehead atoms. The Morgan fingerprint density at radius 2 is 1.56 bits per heavy atom. The lowest BCUT2D eigenvalue weighted by Gasteiger charge is -2.27. The van der Waals surface area contributed by atoms with E-state index in [1.165, 1.54) is 19.3 Å². The molecule has 3 unspecified atom stereocenters. The van der Waals surface area contributed by atoms with Crippen molar-refractivity contribution >= 4 is 11.9 Å². The van der Waals surface area contributed by atoms with Crippen LogP contribution in [0.3, 0.4) is 0 Å². The van der Waals surface area contributed by atoms with Gasteiger partial charge < -0.3 is 9.47 Å². The number of hydrogen-bond acceptors (Lipinski definition) is 4. The molecule has 0 aliphatic heterocycles. The highest BCUT2D eigenvalue weighted by Crippen LogP contribution is 2.31. The lowest BCUT2D eigenvalue weighted by Crippen LogP contribution is -2.30. The van der Waals surface area contributed by atoms with Crippen molar-refractivity contribution in [1.29, 1.82) is 0 Å². The van der Waals surface area contributed by atoms with E-state index in [2.05, 4.69) is 13.8 Å². The number of esters is 2. The summed E-state index contributed by atoms with van der Waals surface area (Å²) >= 11 is 0. The van der Waals surface area contributed by atoms with Crippen molar-refractivity contribution in [3.05, 3.63) is 0 Å². The summed E-state index contributed by atoms with van der Waals surface area (Å²) in [5.41, 5.74) is 0. The third kappa shape index (κ3) is 8.73. The Hall–Kier alpha value is -1.06. The van der Waals surface area contributed by atoms with Gasteiger partial charge in [0.15, 0.2) is 0 Å². The zero-order chi connectivity index (χ0) is 18.5. The van der Waals surface area contributed by atoms with E-state index in [0.717, 1.165) is 44.9 Å². The van der Waals surface area contributed by atoms with Crippen LogP contribution in [0.4, 0.5) is 0 Å². The van der Waals surface area contributed by atoms with E-state index in [9.17, 15) is 9.59 Å². The van der Waals surface area contributed by atoms with Crippen LogP contribution in [-0.4, -0.2) is 25.2 Å². The van der Waals surface area contributed by atoms with Crippen LogP contribution in [0.25, 0.3) is 0 Å². The standard InChI is InChI=1S/C21H38O4/c1-4-7-8-11-17(10-5-2)16-25-21(23)19-13-9-12-18(15-19)20(22)24-14-6-3/h17-19H,4-16H2,1-3H3. The molecule has 25 heavy (non-hydrogen) atoms. The Morgan fingerprint density at radius 1 is 0.880 bits per heavy atom. The summed E-state index contributed by atoms with van der Waals surface area (Å²) in [6.07, 6.45) is 11.1. The van der Waals surface area contributed by atoms with Gasteiger partial charge in [-0.25, -0.2) is 0 Å². The second-order valence-corrected chi connectivity index (χ2v) is 7.51. The number of carbonyl (C=O) groups excluding carboxylic acids is 2. The van der Waals surface area contributed by atoms with Gasteiger partial charge in [0.05, 0.1) is 25.0 Å². The van der Waals surface area contributed by atoms with Crippen molar-refractivity contribution in [3.8, 4) is 0 Å². The quantitative estimate of drug-likeness (QED) is 0.353. The first-order chi connectivity index (χ1) is 12.1. The molecular weight excluding hydrogens is 316 g/mol. The monoisotopic (exact) mass is 354 g/mol. The lowest BCUT2D eigenvalue weighted by molar-refractivity contribution is -0.155. The second-order valence-electron chi connectivity index (χ2n) is 7.51. The van der Waals surface area contributed by atoms with Crippen LogP contribution < -0.4 is 0 Å². The molecule has 0 radical (unpaired) electrons. The van der Waals surface area contributed by atoms with Crippen LogP contribution in [0.15, 0.2) is 0 Å². The molecule has 146 valence electrons. The largest absolute Gasteiger partial charge is 0.465 e. The Bertz CT molecular complexity index is 380. The molecule has 0 heterocycles. The highest BCUT2D eigenvalue weighted by molar-refractivity contribution is 5.76. The molecule has 0 saturated heterocycles. The first kappa shape index (κ1) is 22.0. The van der Waals surface area contributed by atoms with Gasteiger partial charge >= 0.3 is 11.9 Å². The van der Waals surface area contributed by atoms with Crippen LogP contribution in [0.2, 0.25) is 0 Å². The van der Waals surface area contributed by atoms with Gasteiger partial charge in [0.1, 0.15) is 0 Å². The topological polar surface area (TPSA) is 52.6 Å². The fourth-order valence-corrected chi connectivity index (χ4v) is 3.66. The van der Waals surface area contributed by atoms with Crippen molar-refractivity contribution in [2.75, 3.05) is 13.2 Å². The number of ether oxygens (including phenoxy) is 2. The van der Waals surface area contributed by atoms with Crippen molar-refractivity contribution in [2.45, 2.75) is 91.4 Å². The number of hydrogen-bond donors (Lipinski definition) is 0. The Kier molecular flexibility index (Phi) is 11.6. The van der Waals surface area contributed by atoms with Crippen molar-refractivity contribution in [1.82, 2.24) is 0 Å². The normalized spacial score (nSPS) is 21.6. The maximum absolute atomic E-state index is 12.4. The van der Waals surface area contributed by atoms with E-state index < -0.39 is 0 Å². The van der Waals surface area contributed by atoms with Gasteiger partial charge in [0, 0.05) is 0 Å². The van der Waals surface area contributed by atoms with E-state index in [4.69, 9.17) is 9.47 Å². The average Bonchev–Trinajstić information content (AvgIpc) is 2.64. The molecule has 1 aliphatic carbocycles. The van der Waals surface area contributed by atoms with Crippen LogP contribution in [-0.2, 0) is 19.1 Å². The van der Waals surface area contributed by atoms with Gasteiger partial charge in [0.2, 0.25) is 0 Å². The molecule has 3 atom stereocenters. The summed E-state index contributed by atoms with van der Waals surface area (Å²) in [4.78, 5) is 24.5. The number of rotatable bonds is 12. The first-order valence-corrected chi connectivity index (χ1v) is 10.5. The molecule has 0 amide bonds. The maximum atomic E-state index is 12.4. The Balaban J connectivity index is 2.39. The van der Waals surface area contributed by atoms with Crippen LogP contribution in [0.1, 0.15) is 91.4 Å². The summed E-state index contributed by atoms with van der Waals surface area (Å²) in [7, 11) is 0. The van der Waals surface area contributed by atoms with Gasteiger partial charge in [0.25, 0.3) is 0 Å². The third-order valence-electron chi connectivity index (χ3n) is 5.16. The van der Waals surface area contributed by atoms with E-state index in [1.807, 2.05) is 6.92 Å². The second kappa shape index (κ2) is 13.2. The highest BCUT2D eigenvalue weighted by Gasteiger charge is 2.33. The molecule has 0 spiro atoms. The summed E-state index contributed by atoms with van der Waals surface area (Å²) in [5.74, 6) is -0.0264. The van der Waals surface area contributed by atoms with Gasteiger partial charge in [-0.3, -0.25) is 9.59 Å². The lowest BCUT2D eigenvalue weighted by atomic mass is 9.81. The SMILES string of the molecule is CCCCCC(CCC)COC(=O)C1CCCC(C(=O)OCCC)C1. The zero-order valence-corrected chi connectivity index (χ0v) is 16.6. The van der Waals surface area contributed by atoms with Gasteiger partial charge in [-0.2, -0.15) is 0 Å². The average molecular weight is 355 g/mol. The summed E-state index contributed by atoms with van der Waals surface area (Å²) < 4.78 is 10.9. The molecule has 4 nitrogen and oxygen atoms in total. The van der Waals surface area contributed by atoms with E-state index in [-0.39, 0.29) is 23.8 Å². The smallest absolute Gasteiger partial charge is 0.308 e. The van der Waals surface area contributed by atoms with Crippen LogP contribution in [0, 0.1) is 17.8 Å². The number of unbranched alkanes of at least 4 members (excludes halogenated alkanes) is 2. The van der Waals surface area contributed by atoms with E-state index >= 15 is 0 Å². The third-order valence-corrected chi connectivity index (χ3v) is 5.16.